The van der Waals surface area contributed by atoms with Crippen molar-refractivity contribution in [3.8, 4) is 0 Å². The Morgan fingerprint density at radius 3 is 2.77 bits per heavy atom. The van der Waals surface area contributed by atoms with Crippen molar-refractivity contribution in [1.82, 2.24) is 15.2 Å². The standard InChI is InChI=1S/C21H30N4O/c1-16-12-19(16)20-6-5-18(26-20)15-22-13-17-4-7-21(23-14-17)25-9-3-8-24(2)10-11-25/h4-7,14,16,19,22H,3,8-13,15H2,1-2H3. The molecule has 2 atom stereocenters. The van der Waals surface area contributed by atoms with Crippen molar-refractivity contribution in [1.29, 1.82) is 0 Å². The van der Waals surface area contributed by atoms with Crippen LogP contribution in [0.3, 0.4) is 0 Å². The topological polar surface area (TPSA) is 44.5 Å². The molecule has 5 nitrogen and oxygen atoms in total. The van der Waals surface area contributed by atoms with E-state index in [1.54, 1.807) is 0 Å². The maximum Gasteiger partial charge on any atom is 0.128 e. The van der Waals surface area contributed by atoms with Gasteiger partial charge in [-0.25, -0.2) is 4.98 Å². The average Bonchev–Trinajstić information content (AvgIpc) is 3.26. The number of aromatic nitrogens is 1. The second kappa shape index (κ2) is 7.80. The molecule has 2 aromatic heterocycles. The smallest absolute Gasteiger partial charge is 0.128 e. The molecule has 26 heavy (non-hydrogen) atoms. The Balaban J connectivity index is 1.25. The Morgan fingerprint density at radius 1 is 1.12 bits per heavy atom. The number of hydrogen-bond donors (Lipinski definition) is 1. The van der Waals surface area contributed by atoms with Crippen LogP contribution < -0.4 is 10.2 Å². The van der Waals surface area contributed by atoms with Crippen LogP contribution in [-0.4, -0.2) is 43.1 Å². The molecule has 1 saturated carbocycles. The number of nitrogens with zero attached hydrogens (tertiary/aromatic N) is 3. The molecule has 4 rings (SSSR count). The Bertz CT molecular complexity index is 711. The Hall–Kier alpha value is -1.85. The summed E-state index contributed by atoms with van der Waals surface area (Å²) in [5.74, 6) is 4.72. The molecule has 2 aliphatic rings. The minimum Gasteiger partial charge on any atom is -0.464 e. The summed E-state index contributed by atoms with van der Waals surface area (Å²) in [6.07, 6.45) is 4.47. The van der Waals surface area contributed by atoms with Gasteiger partial charge in [0.1, 0.15) is 17.3 Å². The van der Waals surface area contributed by atoms with Gasteiger partial charge in [0.2, 0.25) is 0 Å². The van der Waals surface area contributed by atoms with Gasteiger partial charge in [0.15, 0.2) is 0 Å². The quantitative estimate of drug-likeness (QED) is 0.863. The number of likely N-dealkylation sites (N-methyl/N-ethyl adjacent to an activating group) is 1. The molecule has 1 saturated heterocycles. The van der Waals surface area contributed by atoms with Crippen molar-refractivity contribution in [3.05, 3.63) is 47.5 Å². The number of pyridine rings is 1. The number of nitrogens with one attached hydrogen (secondary N) is 1. The minimum absolute atomic E-state index is 0.652. The fraction of sp³-hybridized carbons (Fsp3) is 0.571. The molecule has 1 N–H and O–H groups in total. The molecule has 2 unspecified atom stereocenters. The fourth-order valence-electron chi connectivity index (χ4n) is 3.72. The maximum atomic E-state index is 5.95. The van der Waals surface area contributed by atoms with E-state index < -0.39 is 0 Å². The van der Waals surface area contributed by atoms with Crippen LogP contribution in [0.15, 0.2) is 34.9 Å². The summed E-state index contributed by atoms with van der Waals surface area (Å²) in [4.78, 5) is 9.47. The van der Waals surface area contributed by atoms with Gasteiger partial charge in [-0.15, -0.1) is 0 Å². The molecule has 2 fully saturated rings. The van der Waals surface area contributed by atoms with Crippen molar-refractivity contribution >= 4 is 5.82 Å². The van der Waals surface area contributed by atoms with Crippen LogP contribution in [0, 0.1) is 5.92 Å². The van der Waals surface area contributed by atoms with E-state index in [0.717, 1.165) is 56.0 Å². The first-order valence-corrected chi connectivity index (χ1v) is 9.87. The third-order valence-electron chi connectivity index (χ3n) is 5.64. The van der Waals surface area contributed by atoms with Crippen LogP contribution in [0.1, 0.15) is 42.8 Å². The van der Waals surface area contributed by atoms with Crippen LogP contribution >= 0.6 is 0 Å². The van der Waals surface area contributed by atoms with Crippen LogP contribution in [0.25, 0.3) is 0 Å². The zero-order valence-corrected chi connectivity index (χ0v) is 15.9. The molecule has 140 valence electrons. The molecule has 0 spiro atoms. The largest absolute Gasteiger partial charge is 0.464 e. The van der Waals surface area contributed by atoms with Crippen molar-refractivity contribution < 1.29 is 4.42 Å². The Kier molecular flexibility index (Phi) is 5.27. The van der Waals surface area contributed by atoms with Crippen LogP contribution in [0.5, 0.6) is 0 Å². The van der Waals surface area contributed by atoms with Crippen LogP contribution in [0.2, 0.25) is 0 Å². The van der Waals surface area contributed by atoms with Gasteiger partial charge < -0.3 is 19.5 Å². The van der Waals surface area contributed by atoms with Crippen LogP contribution in [-0.2, 0) is 13.1 Å². The van der Waals surface area contributed by atoms with Crippen molar-refractivity contribution in [2.45, 2.75) is 38.8 Å². The van der Waals surface area contributed by atoms with Gasteiger partial charge in [0.05, 0.1) is 6.54 Å². The Labute approximate surface area is 156 Å². The van der Waals surface area contributed by atoms with Gasteiger partial charge in [0, 0.05) is 38.3 Å². The molecule has 3 heterocycles. The summed E-state index contributed by atoms with van der Waals surface area (Å²) in [6.45, 7) is 8.29. The summed E-state index contributed by atoms with van der Waals surface area (Å²) in [6, 6.07) is 8.58. The molecule has 2 aromatic rings. The van der Waals surface area contributed by atoms with E-state index in [9.17, 15) is 0 Å². The highest BCUT2D eigenvalue weighted by atomic mass is 16.3. The summed E-state index contributed by atoms with van der Waals surface area (Å²) in [7, 11) is 2.19. The predicted molar refractivity (Wildman–Crippen MR) is 104 cm³/mol. The van der Waals surface area contributed by atoms with Gasteiger partial charge >= 0.3 is 0 Å². The average molecular weight is 354 g/mol. The van der Waals surface area contributed by atoms with Gasteiger partial charge in [-0.1, -0.05) is 13.0 Å². The van der Waals surface area contributed by atoms with E-state index in [4.69, 9.17) is 4.42 Å². The Morgan fingerprint density at radius 2 is 2.00 bits per heavy atom. The van der Waals surface area contributed by atoms with Gasteiger partial charge in [-0.2, -0.15) is 0 Å². The maximum absolute atomic E-state index is 5.95. The second-order valence-corrected chi connectivity index (χ2v) is 7.90. The monoisotopic (exact) mass is 354 g/mol. The number of rotatable bonds is 6. The minimum atomic E-state index is 0.652. The van der Waals surface area contributed by atoms with E-state index in [-0.39, 0.29) is 0 Å². The van der Waals surface area contributed by atoms with E-state index in [0.29, 0.717) is 5.92 Å². The summed E-state index contributed by atoms with van der Waals surface area (Å²) >= 11 is 0. The highest BCUT2D eigenvalue weighted by molar-refractivity contribution is 5.39. The number of hydrogen-bond acceptors (Lipinski definition) is 5. The van der Waals surface area contributed by atoms with E-state index in [1.165, 1.54) is 24.9 Å². The molecule has 0 radical (unpaired) electrons. The lowest BCUT2D eigenvalue weighted by atomic mass is 10.2. The lowest BCUT2D eigenvalue weighted by Gasteiger charge is -2.21. The predicted octanol–water partition coefficient (Wildman–Crippen LogP) is 3.23. The molecule has 1 aliphatic heterocycles. The molecular formula is C21H30N4O. The molecule has 0 aromatic carbocycles. The number of furan rings is 1. The zero-order chi connectivity index (χ0) is 17.9. The van der Waals surface area contributed by atoms with Crippen LogP contribution in [0.4, 0.5) is 5.82 Å². The third-order valence-corrected chi connectivity index (χ3v) is 5.64. The third kappa shape index (κ3) is 4.27. The van der Waals surface area contributed by atoms with Crippen molar-refractivity contribution in [2.75, 3.05) is 38.1 Å². The first kappa shape index (κ1) is 17.6. The summed E-state index contributed by atoms with van der Waals surface area (Å²) in [5, 5.41) is 3.46. The fourth-order valence-corrected chi connectivity index (χ4v) is 3.72. The zero-order valence-electron chi connectivity index (χ0n) is 15.9. The molecule has 5 heteroatoms. The first-order chi connectivity index (χ1) is 12.7. The first-order valence-electron chi connectivity index (χ1n) is 9.87. The van der Waals surface area contributed by atoms with E-state index in [1.807, 2.05) is 6.20 Å². The van der Waals surface area contributed by atoms with E-state index in [2.05, 4.69) is 58.3 Å². The van der Waals surface area contributed by atoms with Crippen molar-refractivity contribution in [2.24, 2.45) is 5.92 Å². The highest BCUT2D eigenvalue weighted by Gasteiger charge is 2.36. The normalized spacial score (nSPS) is 23.8. The summed E-state index contributed by atoms with van der Waals surface area (Å²) < 4.78 is 5.95. The van der Waals surface area contributed by atoms with Crippen molar-refractivity contribution in [3.63, 3.8) is 0 Å². The molecule has 0 amide bonds. The second-order valence-electron chi connectivity index (χ2n) is 7.90. The van der Waals surface area contributed by atoms with Gasteiger partial charge in [0.25, 0.3) is 0 Å². The lowest BCUT2D eigenvalue weighted by Crippen LogP contribution is -2.29. The molecule has 0 bridgehead atoms. The highest BCUT2D eigenvalue weighted by Crippen LogP contribution is 2.47. The van der Waals surface area contributed by atoms with E-state index >= 15 is 0 Å². The molecular weight excluding hydrogens is 324 g/mol. The lowest BCUT2D eigenvalue weighted by molar-refractivity contribution is 0.360. The SMILES string of the molecule is CC1CC1c1ccc(CNCc2ccc(N3CCCN(C)CC3)nc2)o1. The number of anilines is 1. The van der Waals surface area contributed by atoms with Gasteiger partial charge in [-0.3, -0.25) is 0 Å². The van der Waals surface area contributed by atoms with Gasteiger partial charge in [-0.05, 0) is 56.1 Å². The molecule has 1 aliphatic carbocycles. The summed E-state index contributed by atoms with van der Waals surface area (Å²) in [5.41, 5.74) is 1.21.